The second-order valence-corrected chi connectivity index (χ2v) is 9.95. The largest absolute Gasteiger partial charge is 0.395 e. The third-order valence-electron chi connectivity index (χ3n) is 3.38. The highest BCUT2D eigenvalue weighted by Gasteiger charge is 2.34. The van der Waals surface area contributed by atoms with Crippen LogP contribution in [0.5, 0.6) is 0 Å². The molecule has 5 heteroatoms. The maximum atomic E-state index is 12.4. The topological polar surface area (TPSA) is 49.8 Å². The fraction of sp³-hybridized carbons (Fsp3) is 0.933. The zero-order valence-corrected chi connectivity index (χ0v) is 15.2. The molecule has 0 rings (SSSR count). The molecule has 0 aliphatic carbocycles. The highest BCUT2D eigenvalue weighted by molar-refractivity contribution is 7.97. The molecule has 0 heterocycles. The Labute approximate surface area is 125 Å². The van der Waals surface area contributed by atoms with E-state index in [4.69, 9.17) is 4.74 Å². The van der Waals surface area contributed by atoms with Crippen molar-refractivity contribution >= 4 is 15.6 Å². The summed E-state index contributed by atoms with van der Waals surface area (Å²) in [6, 6.07) is -0.324. The molecular formula is C15H33NO3S. The van der Waals surface area contributed by atoms with E-state index < -0.39 is 9.71 Å². The fourth-order valence-electron chi connectivity index (χ4n) is 2.14. The molecule has 0 bridgehead atoms. The predicted octanol–water partition coefficient (Wildman–Crippen LogP) is 2.16. The van der Waals surface area contributed by atoms with Crippen LogP contribution >= 0.6 is 0 Å². The lowest BCUT2D eigenvalue weighted by atomic mass is 9.90. The van der Waals surface area contributed by atoms with Crippen LogP contribution in [0.2, 0.25) is 0 Å². The lowest BCUT2D eigenvalue weighted by molar-refractivity contribution is -0.0394. The van der Waals surface area contributed by atoms with Gasteiger partial charge < -0.3 is 9.84 Å². The molecule has 0 spiro atoms. The average Bonchev–Trinajstić information content (AvgIpc) is 2.17. The average molecular weight is 308 g/mol. The summed E-state index contributed by atoms with van der Waals surface area (Å²) in [4.78, 5) is 0. The molecular weight excluding hydrogens is 274 g/mol. The molecule has 0 aliphatic rings. The summed E-state index contributed by atoms with van der Waals surface area (Å²) >= 11 is 0. The summed E-state index contributed by atoms with van der Waals surface area (Å²) in [7, 11) is -2.42. The van der Waals surface area contributed by atoms with Gasteiger partial charge in [-0.2, -0.15) is 0 Å². The van der Waals surface area contributed by atoms with E-state index >= 15 is 0 Å². The highest BCUT2D eigenvalue weighted by Crippen LogP contribution is 2.25. The Balaban J connectivity index is 5.06. The standard InChI is InChI=1S/C15H33NO3S/c1-12(14(2,3)4)19-11-13(10-17)16(15(5,6)7)20(8,9)18/h12-13,17H,8,10-11H2,1-7,9H3/t12-,13-,20?/m0/s1. The molecule has 0 fully saturated rings. The summed E-state index contributed by atoms with van der Waals surface area (Å²) in [5, 5.41) is 9.66. The van der Waals surface area contributed by atoms with Crippen molar-refractivity contribution in [2.45, 2.75) is 66.2 Å². The number of ether oxygens (including phenoxy) is 1. The number of hydrogen-bond acceptors (Lipinski definition) is 3. The molecule has 0 radical (unpaired) electrons. The lowest BCUT2D eigenvalue weighted by Crippen LogP contribution is -2.54. The molecule has 0 saturated heterocycles. The Morgan fingerprint density at radius 2 is 1.70 bits per heavy atom. The van der Waals surface area contributed by atoms with E-state index in [-0.39, 0.29) is 29.7 Å². The molecule has 4 nitrogen and oxygen atoms in total. The van der Waals surface area contributed by atoms with Gasteiger partial charge in [0.1, 0.15) is 0 Å². The number of aliphatic hydroxyl groups excluding tert-OH is 1. The molecule has 0 aromatic rings. The summed E-state index contributed by atoms with van der Waals surface area (Å²) < 4.78 is 20.1. The van der Waals surface area contributed by atoms with Gasteiger partial charge >= 0.3 is 0 Å². The second-order valence-electron chi connectivity index (χ2n) is 7.63. The van der Waals surface area contributed by atoms with E-state index in [1.807, 2.05) is 27.7 Å². The summed E-state index contributed by atoms with van der Waals surface area (Å²) in [6.45, 7) is 14.5. The number of hydrogen-bond donors (Lipinski definition) is 1. The minimum Gasteiger partial charge on any atom is -0.395 e. The minimum absolute atomic E-state index is 0.0324. The first kappa shape index (κ1) is 19.9. The van der Waals surface area contributed by atoms with E-state index in [0.29, 0.717) is 6.61 Å². The molecule has 0 aromatic carbocycles. The van der Waals surface area contributed by atoms with Crippen LogP contribution in [0.3, 0.4) is 0 Å². The van der Waals surface area contributed by atoms with Crippen LogP contribution in [0, 0.1) is 5.41 Å². The maximum Gasteiger partial charge on any atom is 0.0690 e. The van der Waals surface area contributed by atoms with Crippen molar-refractivity contribution in [2.75, 3.05) is 19.5 Å². The monoisotopic (exact) mass is 307 g/mol. The summed E-state index contributed by atoms with van der Waals surface area (Å²) in [5.41, 5.74) is -0.319. The van der Waals surface area contributed by atoms with Crippen molar-refractivity contribution in [2.24, 2.45) is 5.41 Å². The number of aliphatic hydroxyl groups is 1. The molecule has 0 aromatic heterocycles. The Bertz CT molecular complexity index is 390. The zero-order chi connectivity index (χ0) is 16.4. The third-order valence-corrected chi connectivity index (χ3v) is 5.06. The van der Waals surface area contributed by atoms with Crippen LogP contribution in [0.4, 0.5) is 0 Å². The third kappa shape index (κ3) is 6.12. The van der Waals surface area contributed by atoms with Gasteiger partial charge in [-0.1, -0.05) is 20.8 Å². The predicted molar refractivity (Wildman–Crippen MR) is 88.5 cm³/mol. The van der Waals surface area contributed by atoms with Crippen LogP contribution in [-0.4, -0.2) is 56.6 Å². The molecule has 0 amide bonds. The van der Waals surface area contributed by atoms with E-state index in [1.165, 1.54) is 0 Å². The van der Waals surface area contributed by atoms with Crippen molar-refractivity contribution in [3.8, 4) is 0 Å². The van der Waals surface area contributed by atoms with Gasteiger partial charge in [-0.05, 0) is 39.0 Å². The van der Waals surface area contributed by atoms with E-state index in [0.717, 1.165) is 0 Å². The molecule has 3 atom stereocenters. The van der Waals surface area contributed by atoms with Crippen molar-refractivity contribution in [1.82, 2.24) is 4.31 Å². The van der Waals surface area contributed by atoms with Gasteiger partial charge in [-0.15, -0.1) is 0 Å². The second kappa shape index (κ2) is 6.77. The first-order valence-electron chi connectivity index (χ1n) is 7.05. The first-order chi connectivity index (χ1) is 8.71. The Morgan fingerprint density at radius 1 is 1.25 bits per heavy atom. The van der Waals surface area contributed by atoms with Gasteiger partial charge in [-0.25, -0.2) is 4.31 Å². The number of rotatable bonds is 6. The summed E-state index contributed by atoms with van der Waals surface area (Å²) in [6.07, 6.45) is 1.66. The van der Waals surface area contributed by atoms with Crippen molar-refractivity contribution in [1.29, 1.82) is 0 Å². The normalized spacial score (nSPS) is 19.7. The molecule has 122 valence electrons. The minimum atomic E-state index is -2.42. The molecule has 0 aliphatic heterocycles. The van der Waals surface area contributed by atoms with Gasteiger partial charge in [-0.3, -0.25) is 4.21 Å². The van der Waals surface area contributed by atoms with Gasteiger partial charge in [0.25, 0.3) is 0 Å². The van der Waals surface area contributed by atoms with Crippen LogP contribution in [0.25, 0.3) is 0 Å². The Morgan fingerprint density at radius 3 is 1.95 bits per heavy atom. The molecule has 1 unspecified atom stereocenters. The number of nitrogens with zero attached hydrogens (tertiary/aromatic N) is 1. The van der Waals surface area contributed by atoms with Crippen molar-refractivity contribution in [3.63, 3.8) is 0 Å². The van der Waals surface area contributed by atoms with Gasteiger partial charge in [0, 0.05) is 21.5 Å². The van der Waals surface area contributed by atoms with Crippen LogP contribution in [0.15, 0.2) is 0 Å². The van der Waals surface area contributed by atoms with Crippen LogP contribution in [-0.2, 0) is 14.4 Å². The summed E-state index contributed by atoms with van der Waals surface area (Å²) in [5.74, 6) is 3.77. The molecule has 0 saturated carbocycles. The van der Waals surface area contributed by atoms with Crippen molar-refractivity contribution < 1.29 is 14.1 Å². The molecule has 1 N–H and O–H groups in total. The van der Waals surface area contributed by atoms with E-state index in [1.54, 1.807) is 10.6 Å². The Kier molecular flexibility index (Phi) is 6.74. The van der Waals surface area contributed by atoms with E-state index in [2.05, 4.69) is 26.6 Å². The molecule has 20 heavy (non-hydrogen) atoms. The SMILES string of the molecule is C=S(C)(=O)N([C@@H](CO)CO[C@@H](C)C(C)(C)C)C(C)(C)C. The lowest BCUT2D eigenvalue weighted by Gasteiger charge is -2.42. The van der Waals surface area contributed by atoms with Gasteiger partial charge in [0.05, 0.1) is 25.4 Å². The van der Waals surface area contributed by atoms with Crippen LogP contribution in [0.1, 0.15) is 48.5 Å². The quantitative estimate of drug-likeness (QED) is 0.765. The van der Waals surface area contributed by atoms with E-state index in [9.17, 15) is 9.32 Å². The Hall–Kier alpha value is -0.100. The van der Waals surface area contributed by atoms with Gasteiger partial charge in [0.15, 0.2) is 0 Å². The van der Waals surface area contributed by atoms with Gasteiger partial charge in [0.2, 0.25) is 0 Å². The van der Waals surface area contributed by atoms with Crippen molar-refractivity contribution in [3.05, 3.63) is 0 Å². The smallest absolute Gasteiger partial charge is 0.0690 e. The fourth-order valence-corrected chi connectivity index (χ4v) is 4.06. The maximum absolute atomic E-state index is 12.4. The van der Waals surface area contributed by atoms with Crippen LogP contribution < -0.4 is 0 Å². The first-order valence-corrected chi connectivity index (χ1v) is 9.14. The highest BCUT2D eigenvalue weighted by atomic mass is 32.2. The zero-order valence-electron chi connectivity index (χ0n) is 14.4.